The van der Waals surface area contributed by atoms with Crippen molar-refractivity contribution in [3.63, 3.8) is 0 Å². The molecule has 0 aliphatic heterocycles. The van der Waals surface area contributed by atoms with Gasteiger partial charge in [-0.05, 0) is 42.8 Å². The van der Waals surface area contributed by atoms with Gasteiger partial charge in [0.15, 0.2) is 0 Å². The highest BCUT2D eigenvalue weighted by Crippen LogP contribution is 2.26. The molecule has 1 aromatic carbocycles. The zero-order valence-corrected chi connectivity index (χ0v) is 13.7. The lowest BCUT2D eigenvalue weighted by molar-refractivity contribution is -0.384. The maximum atomic E-state index is 11.4. The van der Waals surface area contributed by atoms with E-state index in [0.717, 1.165) is 0 Å². The van der Waals surface area contributed by atoms with Crippen LogP contribution in [0.2, 0.25) is 0 Å². The average Bonchev–Trinajstić information content (AvgIpc) is 2.34. The molecule has 1 rings (SSSR count). The number of nitro groups is 1. The number of halogens is 1. The summed E-state index contributed by atoms with van der Waals surface area (Å²) < 4.78 is 5.80. The van der Waals surface area contributed by atoms with Crippen molar-refractivity contribution in [2.75, 3.05) is 18.4 Å². The number of hydrogen-bond acceptors (Lipinski definition) is 5. The van der Waals surface area contributed by atoms with Crippen LogP contribution in [0.4, 0.5) is 16.2 Å². The number of rotatable bonds is 5. The number of carbonyl (C=O) groups is 1. The molecule has 0 aromatic heterocycles. The molecule has 1 amide bonds. The van der Waals surface area contributed by atoms with Crippen LogP contribution in [-0.2, 0) is 4.74 Å². The number of nitrogens with one attached hydrogen (secondary N) is 2. The second kappa shape index (κ2) is 7.26. The monoisotopic (exact) mass is 359 g/mol. The third kappa shape index (κ3) is 6.44. The number of amides is 1. The fourth-order valence-electron chi connectivity index (χ4n) is 1.44. The molecule has 116 valence electrons. The molecule has 2 N–H and O–H groups in total. The number of benzene rings is 1. The molecule has 0 bridgehead atoms. The zero-order valence-electron chi connectivity index (χ0n) is 12.1. The molecular formula is C13H18BrN3O4. The summed E-state index contributed by atoms with van der Waals surface area (Å²) in [7, 11) is 0. The van der Waals surface area contributed by atoms with E-state index in [0.29, 0.717) is 23.2 Å². The van der Waals surface area contributed by atoms with Gasteiger partial charge in [0.2, 0.25) is 0 Å². The van der Waals surface area contributed by atoms with E-state index < -0.39 is 16.6 Å². The number of hydrogen-bond donors (Lipinski definition) is 2. The second-order valence-electron chi connectivity index (χ2n) is 5.28. The SMILES string of the molecule is CC(C)(C)OC(=O)NCCNc1cc([N+](=O)[O-])ccc1Br. The van der Waals surface area contributed by atoms with Crippen molar-refractivity contribution >= 4 is 33.4 Å². The third-order valence-corrected chi connectivity index (χ3v) is 2.96. The molecule has 0 aliphatic rings. The zero-order chi connectivity index (χ0) is 16.0. The topological polar surface area (TPSA) is 93.5 Å². The van der Waals surface area contributed by atoms with E-state index in [1.807, 2.05) is 0 Å². The number of non-ortho nitro benzene ring substituents is 1. The Morgan fingerprint density at radius 3 is 2.62 bits per heavy atom. The van der Waals surface area contributed by atoms with E-state index in [9.17, 15) is 14.9 Å². The van der Waals surface area contributed by atoms with Gasteiger partial charge in [-0.15, -0.1) is 0 Å². The van der Waals surface area contributed by atoms with Crippen LogP contribution >= 0.6 is 15.9 Å². The Kier molecular flexibility index (Phi) is 5.95. The van der Waals surface area contributed by atoms with Crippen molar-refractivity contribution in [2.45, 2.75) is 26.4 Å². The standard InChI is InChI=1S/C13H18BrN3O4/c1-13(2,3)21-12(18)16-7-6-15-11-8-9(17(19)20)4-5-10(11)14/h4-5,8,15H,6-7H2,1-3H3,(H,16,18). The highest BCUT2D eigenvalue weighted by molar-refractivity contribution is 9.10. The largest absolute Gasteiger partial charge is 0.444 e. The summed E-state index contributed by atoms with van der Waals surface area (Å²) in [6, 6.07) is 4.44. The van der Waals surface area contributed by atoms with Crippen LogP contribution in [0.5, 0.6) is 0 Å². The van der Waals surface area contributed by atoms with Gasteiger partial charge in [0.25, 0.3) is 5.69 Å². The number of ether oxygens (including phenoxy) is 1. The molecule has 0 unspecified atom stereocenters. The lowest BCUT2D eigenvalue weighted by Crippen LogP contribution is -2.35. The molecule has 0 fully saturated rings. The third-order valence-electron chi connectivity index (χ3n) is 2.27. The van der Waals surface area contributed by atoms with E-state index in [-0.39, 0.29) is 5.69 Å². The summed E-state index contributed by atoms with van der Waals surface area (Å²) >= 11 is 3.30. The molecule has 0 spiro atoms. The lowest BCUT2D eigenvalue weighted by atomic mass is 10.2. The van der Waals surface area contributed by atoms with Gasteiger partial charge in [0, 0.05) is 29.7 Å². The van der Waals surface area contributed by atoms with Gasteiger partial charge in [-0.25, -0.2) is 4.79 Å². The molecular weight excluding hydrogens is 342 g/mol. The summed E-state index contributed by atoms with van der Waals surface area (Å²) in [4.78, 5) is 21.7. The van der Waals surface area contributed by atoms with E-state index in [1.54, 1.807) is 26.8 Å². The number of carbonyl (C=O) groups excluding carboxylic acids is 1. The first-order chi connectivity index (χ1) is 9.69. The maximum Gasteiger partial charge on any atom is 0.407 e. The molecule has 0 aliphatic carbocycles. The molecule has 0 heterocycles. The molecule has 8 heteroatoms. The van der Waals surface area contributed by atoms with Gasteiger partial charge < -0.3 is 15.4 Å². The number of nitro benzene ring substituents is 1. The van der Waals surface area contributed by atoms with E-state index in [1.165, 1.54) is 12.1 Å². The van der Waals surface area contributed by atoms with Crippen LogP contribution in [-0.4, -0.2) is 29.7 Å². The van der Waals surface area contributed by atoms with Crippen molar-refractivity contribution in [2.24, 2.45) is 0 Å². The Balaban J connectivity index is 2.44. The molecule has 0 saturated carbocycles. The first-order valence-corrected chi connectivity index (χ1v) is 7.13. The minimum Gasteiger partial charge on any atom is -0.444 e. The van der Waals surface area contributed by atoms with Gasteiger partial charge >= 0.3 is 6.09 Å². The summed E-state index contributed by atoms with van der Waals surface area (Å²) in [5.74, 6) is 0. The van der Waals surface area contributed by atoms with Crippen molar-refractivity contribution < 1.29 is 14.5 Å². The van der Waals surface area contributed by atoms with Gasteiger partial charge in [-0.3, -0.25) is 10.1 Å². The first-order valence-electron chi connectivity index (χ1n) is 6.34. The smallest absolute Gasteiger partial charge is 0.407 e. The molecule has 7 nitrogen and oxygen atoms in total. The fraction of sp³-hybridized carbons (Fsp3) is 0.462. The van der Waals surface area contributed by atoms with Crippen LogP contribution < -0.4 is 10.6 Å². The Hall–Kier alpha value is -1.83. The van der Waals surface area contributed by atoms with Crippen LogP contribution in [0.25, 0.3) is 0 Å². The molecule has 0 atom stereocenters. The van der Waals surface area contributed by atoms with Crippen molar-refractivity contribution in [3.8, 4) is 0 Å². The normalized spacial score (nSPS) is 10.9. The summed E-state index contributed by atoms with van der Waals surface area (Å²) in [5, 5.41) is 16.3. The predicted molar refractivity (Wildman–Crippen MR) is 83.5 cm³/mol. The highest BCUT2D eigenvalue weighted by atomic mass is 79.9. The minimum absolute atomic E-state index is 0.000742. The highest BCUT2D eigenvalue weighted by Gasteiger charge is 2.15. The number of alkyl carbamates (subject to hydrolysis) is 1. The van der Waals surface area contributed by atoms with Crippen molar-refractivity contribution in [3.05, 3.63) is 32.8 Å². The average molecular weight is 360 g/mol. The molecule has 0 radical (unpaired) electrons. The van der Waals surface area contributed by atoms with Gasteiger partial charge in [-0.2, -0.15) is 0 Å². The van der Waals surface area contributed by atoms with E-state index in [4.69, 9.17) is 4.74 Å². The van der Waals surface area contributed by atoms with Crippen LogP contribution in [0.15, 0.2) is 22.7 Å². The number of anilines is 1. The Morgan fingerprint density at radius 1 is 1.38 bits per heavy atom. The van der Waals surface area contributed by atoms with Crippen LogP contribution in [0, 0.1) is 10.1 Å². The van der Waals surface area contributed by atoms with E-state index >= 15 is 0 Å². The quantitative estimate of drug-likeness (QED) is 0.477. The van der Waals surface area contributed by atoms with E-state index in [2.05, 4.69) is 26.6 Å². The Bertz CT molecular complexity index is 529. The first kappa shape index (κ1) is 17.2. The van der Waals surface area contributed by atoms with Gasteiger partial charge in [-0.1, -0.05) is 0 Å². The Labute approximate surface area is 131 Å². The maximum absolute atomic E-state index is 11.4. The summed E-state index contributed by atoms with van der Waals surface area (Å²) in [5.41, 5.74) is 0.0524. The fourth-order valence-corrected chi connectivity index (χ4v) is 1.83. The number of nitrogens with zero attached hydrogens (tertiary/aromatic N) is 1. The van der Waals surface area contributed by atoms with Crippen LogP contribution in [0.1, 0.15) is 20.8 Å². The van der Waals surface area contributed by atoms with Crippen molar-refractivity contribution in [1.29, 1.82) is 0 Å². The Morgan fingerprint density at radius 2 is 2.05 bits per heavy atom. The lowest BCUT2D eigenvalue weighted by Gasteiger charge is -2.19. The second-order valence-corrected chi connectivity index (χ2v) is 6.13. The molecule has 21 heavy (non-hydrogen) atoms. The predicted octanol–water partition coefficient (Wildman–Crippen LogP) is 3.29. The summed E-state index contributed by atoms with van der Waals surface area (Å²) in [6.45, 7) is 6.10. The summed E-state index contributed by atoms with van der Waals surface area (Å²) in [6.07, 6.45) is -0.498. The van der Waals surface area contributed by atoms with Crippen molar-refractivity contribution in [1.82, 2.24) is 5.32 Å². The minimum atomic E-state index is -0.541. The van der Waals surface area contributed by atoms with Gasteiger partial charge in [0.05, 0.1) is 10.6 Å². The molecule has 1 aromatic rings. The van der Waals surface area contributed by atoms with Gasteiger partial charge in [0.1, 0.15) is 5.60 Å². The van der Waals surface area contributed by atoms with Crippen LogP contribution in [0.3, 0.4) is 0 Å². The molecule has 0 saturated heterocycles.